The summed E-state index contributed by atoms with van der Waals surface area (Å²) >= 11 is -1.62. The zero-order valence-corrected chi connectivity index (χ0v) is 15.5. The third kappa shape index (κ3) is 6.62. The van der Waals surface area contributed by atoms with Gasteiger partial charge in [0.1, 0.15) is 5.69 Å². The molecule has 7 nitrogen and oxygen atoms in total. The predicted octanol–water partition coefficient (Wildman–Crippen LogP) is 3.40. The van der Waals surface area contributed by atoms with Crippen molar-refractivity contribution in [3.63, 3.8) is 0 Å². The van der Waals surface area contributed by atoms with Crippen LogP contribution in [0, 0.1) is 6.92 Å². The van der Waals surface area contributed by atoms with E-state index in [2.05, 4.69) is 19.9 Å². The van der Waals surface area contributed by atoms with Gasteiger partial charge in [-0.1, -0.05) is 7.43 Å². The van der Waals surface area contributed by atoms with Gasteiger partial charge in [-0.25, -0.2) is 19.9 Å². The van der Waals surface area contributed by atoms with E-state index in [0.29, 0.717) is 17.6 Å². The molecule has 4 heterocycles. The predicted molar refractivity (Wildman–Crippen MR) is 103 cm³/mol. The van der Waals surface area contributed by atoms with Crippen molar-refractivity contribution in [1.82, 2.24) is 19.9 Å². The second-order valence-electron chi connectivity index (χ2n) is 4.97. The average Bonchev–Trinajstić information content (AvgIpc) is 2.68. The second kappa shape index (κ2) is 11.5. The molecule has 0 fully saturated rings. The molecule has 8 heteroatoms. The second-order valence-corrected chi connectivity index (χ2v) is 5.26. The third-order valence-corrected chi connectivity index (χ3v) is 3.21. The Morgan fingerprint density at radius 1 is 0.815 bits per heavy atom. The van der Waals surface area contributed by atoms with Crippen molar-refractivity contribution in [2.24, 2.45) is 0 Å². The molecule has 0 spiro atoms. The molecule has 0 aromatic carbocycles. The van der Waals surface area contributed by atoms with Gasteiger partial charge in [-0.2, -0.15) is 0 Å². The van der Waals surface area contributed by atoms with Crippen LogP contribution in [0.5, 0.6) is 0 Å². The van der Waals surface area contributed by atoms with Crippen LogP contribution in [0.2, 0.25) is 0 Å². The molecule has 0 amide bonds. The first-order chi connectivity index (χ1) is 12.7. The van der Waals surface area contributed by atoms with Crippen LogP contribution < -0.4 is 0 Å². The first-order valence-electron chi connectivity index (χ1n) is 7.45. The Bertz CT molecular complexity index is 1070. The van der Waals surface area contributed by atoms with Crippen LogP contribution in [-0.2, 0) is 7.67 Å². The Morgan fingerprint density at radius 3 is 1.89 bits per heavy atom. The molecule has 138 valence electrons. The Kier molecular flexibility index (Phi) is 9.36. The van der Waals surface area contributed by atoms with E-state index in [1.165, 1.54) is 0 Å². The zero-order chi connectivity index (χ0) is 18.8. The van der Waals surface area contributed by atoms with Crippen LogP contribution in [0.3, 0.4) is 0 Å². The van der Waals surface area contributed by atoms with E-state index >= 15 is 0 Å². The molecule has 4 aromatic rings. The third-order valence-electron chi connectivity index (χ3n) is 3.21. The van der Waals surface area contributed by atoms with Gasteiger partial charge in [-0.05, 0) is 55.5 Å². The van der Waals surface area contributed by atoms with Gasteiger partial charge >= 0.3 is 22.5 Å². The van der Waals surface area contributed by atoms with E-state index < -0.39 is 14.8 Å². The van der Waals surface area contributed by atoms with Crippen LogP contribution in [0.15, 0.2) is 60.9 Å². The summed E-state index contributed by atoms with van der Waals surface area (Å²) in [7, 11) is 0. The Morgan fingerprint density at radius 2 is 1.33 bits per heavy atom. The van der Waals surface area contributed by atoms with Crippen LogP contribution in [0.1, 0.15) is 23.6 Å². The molecule has 4 aromatic heterocycles. The number of aldehydes is 1. The molecule has 0 N–H and O–H groups in total. The first-order valence-corrected chi connectivity index (χ1v) is 8.85. The average molecular weight is 429 g/mol. The Balaban J connectivity index is 0.000000229. The van der Waals surface area contributed by atoms with Crippen molar-refractivity contribution < 1.29 is 12.5 Å². The molecule has 0 unspecified atom stereocenters. The van der Waals surface area contributed by atoms with Crippen molar-refractivity contribution in [1.29, 1.82) is 0 Å². The molecule has 0 bridgehead atoms. The van der Waals surface area contributed by atoms with E-state index in [1.54, 1.807) is 18.5 Å². The number of carbonyl (C=O) groups excluding carboxylic acids is 1. The summed E-state index contributed by atoms with van der Waals surface area (Å²) in [6.45, 7) is 1.97. The monoisotopic (exact) mass is 430 g/mol. The molecule has 0 aliphatic rings. The Hall–Kier alpha value is -3.09. The van der Waals surface area contributed by atoms with Crippen molar-refractivity contribution in [2.75, 3.05) is 0 Å². The molecular weight excluding hydrogens is 411 g/mol. The number of pyridine rings is 4. The molecule has 27 heavy (non-hydrogen) atoms. The van der Waals surface area contributed by atoms with Gasteiger partial charge in [0.2, 0.25) is 0 Å². The molecule has 4 rings (SSSR count). The van der Waals surface area contributed by atoms with Crippen LogP contribution in [0.25, 0.3) is 22.1 Å². The number of fused-ring (bicyclic) bond motifs is 2. The molecule has 0 aliphatic carbocycles. The van der Waals surface area contributed by atoms with E-state index in [4.69, 9.17) is 7.67 Å². The molecule has 0 atom stereocenters. The van der Waals surface area contributed by atoms with Crippen molar-refractivity contribution in [3.05, 3.63) is 72.3 Å². The molecule has 0 radical (unpaired) electrons. The fourth-order valence-corrected chi connectivity index (χ4v) is 2.08. The maximum absolute atomic E-state index is 10.4. The number of aromatic nitrogens is 4. The van der Waals surface area contributed by atoms with E-state index in [1.807, 2.05) is 49.4 Å². The van der Waals surface area contributed by atoms with Gasteiger partial charge in [-0.3, -0.25) is 4.79 Å². The standard InChI is InChI=1S/C9H6N2O.C9H8N2.CH4.O2Se/c12-6-8-4-3-7-2-1-5-10-9(7)11-8;1-7-4-5-8-3-2-6-10-9(8)11-7;;1-3-2/h1-6H;2-6H,1H3;1H4;. The maximum atomic E-state index is 10.4. The summed E-state index contributed by atoms with van der Waals surface area (Å²) in [5, 5.41) is 2.04. The van der Waals surface area contributed by atoms with Crippen LogP contribution >= 0.6 is 0 Å². The summed E-state index contributed by atoms with van der Waals surface area (Å²) in [5.74, 6) is 0. The zero-order valence-electron chi connectivity index (χ0n) is 13.8. The Labute approximate surface area is 162 Å². The molecular formula is C19H18N4O3Se. The van der Waals surface area contributed by atoms with Gasteiger partial charge < -0.3 is 0 Å². The number of nitrogens with zero attached hydrogens (tertiary/aromatic N) is 4. The van der Waals surface area contributed by atoms with Gasteiger partial charge in [0.15, 0.2) is 17.6 Å². The summed E-state index contributed by atoms with van der Waals surface area (Å²) in [5.41, 5.74) is 2.87. The molecule has 0 saturated carbocycles. The van der Waals surface area contributed by atoms with E-state index in [9.17, 15) is 4.79 Å². The quantitative estimate of drug-likeness (QED) is 0.338. The van der Waals surface area contributed by atoms with Crippen molar-refractivity contribution in [2.45, 2.75) is 14.4 Å². The minimum atomic E-state index is -1.62. The molecule has 0 aliphatic heterocycles. The van der Waals surface area contributed by atoms with Gasteiger partial charge in [0, 0.05) is 28.9 Å². The van der Waals surface area contributed by atoms with Gasteiger partial charge in [0.25, 0.3) is 0 Å². The summed E-state index contributed by atoms with van der Waals surface area (Å²) in [6.07, 6.45) is 4.13. The summed E-state index contributed by atoms with van der Waals surface area (Å²) in [4.78, 5) is 26.8. The fourth-order valence-electron chi connectivity index (χ4n) is 2.08. The van der Waals surface area contributed by atoms with Crippen molar-refractivity contribution in [3.8, 4) is 0 Å². The number of hydrogen-bond acceptors (Lipinski definition) is 7. The van der Waals surface area contributed by atoms with Crippen LogP contribution in [-0.4, -0.2) is 41.0 Å². The topological polar surface area (TPSA) is 103 Å². The number of rotatable bonds is 1. The van der Waals surface area contributed by atoms with Crippen molar-refractivity contribution >= 4 is 43.2 Å². The number of hydrogen-bond donors (Lipinski definition) is 0. The summed E-state index contributed by atoms with van der Waals surface area (Å²) in [6, 6.07) is 15.2. The number of carbonyl (C=O) groups is 1. The number of aryl methyl sites for hydroxylation is 1. The van der Waals surface area contributed by atoms with E-state index in [0.717, 1.165) is 22.1 Å². The minimum absolute atomic E-state index is 0. The summed E-state index contributed by atoms with van der Waals surface area (Å²) < 4.78 is 16.9. The first kappa shape index (κ1) is 22.0. The van der Waals surface area contributed by atoms with E-state index in [-0.39, 0.29) is 7.43 Å². The van der Waals surface area contributed by atoms with Gasteiger partial charge in [-0.15, -0.1) is 0 Å². The fraction of sp³-hybridized carbons (Fsp3) is 0.105. The molecule has 0 saturated heterocycles. The SMILES string of the molecule is C.Cc1ccc2cccnc2n1.O=Cc1ccc2cccnc2n1.O=[Se]=O. The van der Waals surface area contributed by atoms with Crippen LogP contribution in [0.4, 0.5) is 0 Å². The van der Waals surface area contributed by atoms with Gasteiger partial charge in [0.05, 0.1) is 0 Å². The normalized spacial score (nSPS) is 9.07.